The van der Waals surface area contributed by atoms with Crippen molar-refractivity contribution in [2.24, 2.45) is 11.3 Å². The molecule has 0 aromatic rings. The van der Waals surface area contributed by atoms with E-state index >= 15 is 0 Å². The Kier molecular flexibility index (Phi) is 4.51. The third-order valence-electron chi connectivity index (χ3n) is 4.50. The van der Waals surface area contributed by atoms with Crippen LogP contribution >= 0.6 is 0 Å². The predicted molar refractivity (Wildman–Crippen MR) is 73.8 cm³/mol. The minimum Gasteiger partial charge on any atom is -0.386 e. The molecule has 1 saturated heterocycles. The Hall–Kier alpha value is -0.610. The van der Waals surface area contributed by atoms with Crippen LogP contribution in [0.5, 0.6) is 0 Å². The molecular weight excluding hydrogens is 242 g/mol. The molecule has 4 heteroatoms. The molecule has 2 N–H and O–H groups in total. The quantitative estimate of drug-likeness (QED) is 0.801. The number of hydrogen-bond acceptors (Lipinski definition) is 3. The first kappa shape index (κ1) is 14.8. The van der Waals surface area contributed by atoms with Crippen LogP contribution in [0.15, 0.2) is 0 Å². The normalized spacial score (nSPS) is 29.9. The first-order chi connectivity index (χ1) is 8.96. The first-order valence-electron chi connectivity index (χ1n) is 7.54. The highest BCUT2D eigenvalue weighted by molar-refractivity contribution is 5.83. The predicted octanol–water partition coefficient (Wildman–Crippen LogP) is 1.86. The van der Waals surface area contributed by atoms with Crippen molar-refractivity contribution in [2.45, 2.75) is 58.0 Å². The van der Waals surface area contributed by atoms with Crippen molar-refractivity contribution >= 4 is 5.91 Å². The topological polar surface area (TPSA) is 58.6 Å². The minimum atomic E-state index is -0.854. The Morgan fingerprint density at radius 3 is 2.53 bits per heavy atom. The molecule has 0 aromatic heterocycles. The molecule has 1 aliphatic heterocycles. The fourth-order valence-electron chi connectivity index (χ4n) is 3.53. The van der Waals surface area contributed by atoms with Gasteiger partial charge in [0.05, 0.1) is 6.61 Å². The average Bonchev–Trinajstić information content (AvgIpc) is 2.96. The third-order valence-corrected chi connectivity index (χ3v) is 4.50. The second-order valence-electron chi connectivity index (χ2n) is 6.80. The molecule has 19 heavy (non-hydrogen) atoms. The van der Waals surface area contributed by atoms with Crippen molar-refractivity contribution in [3.63, 3.8) is 0 Å². The summed E-state index contributed by atoms with van der Waals surface area (Å²) in [6.45, 7) is 5.59. The lowest BCUT2D eigenvalue weighted by atomic mass is 9.77. The van der Waals surface area contributed by atoms with E-state index in [9.17, 15) is 9.90 Å². The van der Waals surface area contributed by atoms with Crippen LogP contribution < -0.4 is 5.32 Å². The number of ether oxygens (including phenoxy) is 1. The van der Waals surface area contributed by atoms with Gasteiger partial charge < -0.3 is 15.2 Å². The van der Waals surface area contributed by atoms with Crippen LogP contribution in [0.25, 0.3) is 0 Å². The zero-order valence-electron chi connectivity index (χ0n) is 12.2. The van der Waals surface area contributed by atoms with Crippen molar-refractivity contribution in [3.8, 4) is 0 Å². The highest BCUT2D eigenvalue weighted by Crippen LogP contribution is 2.43. The van der Waals surface area contributed by atoms with Crippen LogP contribution in [0.2, 0.25) is 0 Å². The van der Waals surface area contributed by atoms with Crippen molar-refractivity contribution in [1.82, 2.24) is 5.32 Å². The molecule has 2 fully saturated rings. The molecule has 1 amide bonds. The van der Waals surface area contributed by atoms with Crippen LogP contribution in [-0.2, 0) is 9.53 Å². The summed E-state index contributed by atoms with van der Waals surface area (Å²) < 4.78 is 5.21. The smallest absolute Gasteiger partial charge is 0.226 e. The molecule has 0 aromatic carbocycles. The highest BCUT2D eigenvalue weighted by Gasteiger charge is 2.42. The van der Waals surface area contributed by atoms with E-state index < -0.39 is 5.60 Å². The van der Waals surface area contributed by atoms with Gasteiger partial charge in [0.25, 0.3) is 0 Å². The first-order valence-corrected chi connectivity index (χ1v) is 7.54. The van der Waals surface area contributed by atoms with E-state index in [1.54, 1.807) is 0 Å². The van der Waals surface area contributed by atoms with E-state index in [1.165, 1.54) is 0 Å². The average molecular weight is 269 g/mol. The third kappa shape index (κ3) is 3.48. The number of carbonyl (C=O) groups excluding carboxylic acids is 1. The van der Waals surface area contributed by atoms with Gasteiger partial charge in [-0.05, 0) is 25.2 Å². The maximum atomic E-state index is 12.5. The largest absolute Gasteiger partial charge is 0.386 e. The Labute approximate surface area is 115 Å². The standard InChI is InChI=1S/C15H27NO3/c1-12(2)9-14(5-3-4-6-14)13(17)16-10-15(18)7-8-19-11-15/h12,18H,3-11H2,1-2H3,(H,16,17). The SMILES string of the molecule is CC(C)CC1(C(=O)NCC2(O)CCOC2)CCCC1. The van der Waals surface area contributed by atoms with Crippen LogP contribution in [0.3, 0.4) is 0 Å². The number of rotatable bonds is 5. The number of nitrogens with one attached hydrogen (secondary N) is 1. The fraction of sp³-hybridized carbons (Fsp3) is 0.933. The zero-order chi connectivity index (χ0) is 13.9. The molecule has 2 rings (SSSR count). The fourth-order valence-corrected chi connectivity index (χ4v) is 3.53. The van der Waals surface area contributed by atoms with E-state index in [1.807, 2.05) is 0 Å². The van der Waals surface area contributed by atoms with Crippen molar-refractivity contribution in [1.29, 1.82) is 0 Å². The van der Waals surface area contributed by atoms with Gasteiger partial charge in [0, 0.05) is 25.0 Å². The van der Waals surface area contributed by atoms with Gasteiger partial charge in [-0.1, -0.05) is 26.7 Å². The number of hydrogen-bond donors (Lipinski definition) is 2. The molecule has 110 valence electrons. The lowest BCUT2D eigenvalue weighted by Gasteiger charge is -2.31. The monoisotopic (exact) mass is 269 g/mol. The van der Waals surface area contributed by atoms with E-state index in [2.05, 4.69) is 19.2 Å². The second-order valence-corrected chi connectivity index (χ2v) is 6.80. The lowest BCUT2D eigenvalue weighted by molar-refractivity contribution is -0.133. The molecule has 0 bridgehead atoms. The van der Waals surface area contributed by atoms with E-state index in [-0.39, 0.29) is 11.3 Å². The van der Waals surface area contributed by atoms with Gasteiger partial charge in [-0.3, -0.25) is 4.79 Å². The Balaban J connectivity index is 1.92. The summed E-state index contributed by atoms with van der Waals surface area (Å²) in [4.78, 5) is 12.5. The van der Waals surface area contributed by atoms with Gasteiger partial charge in [0.1, 0.15) is 5.60 Å². The molecule has 1 saturated carbocycles. The van der Waals surface area contributed by atoms with Gasteiger partial charge in [0.2, 0.25) is 5.91 Å². The summed E-state index contributed by atoms with van der Waals surface area (Å²) in [6, 6.07) is 0. The van der Waals surface area contributed by atoms with Crippen molar-refractivity contribution in [2.75, 3.05) is 19.8 Å². The maximum Gasteiger partial charge on any atom is 0.226 e. The summed E-state index contributed by atoms with van der Waals surface area (Å²) in [5, 5.41) is 13.2. The van der Waals surface area contributed by atoms with E-state index in [0.717, 1.165) is 32.1 Å². The van der Waals surface area contributed by atoms with Crippen LogP contribution in [-0.4, -0.2) is 36.4 Å². The zero-order valence-corrected chi connectivity index (χ0v) is 12.2. The van der Waals surface area contributed by atoms with Crippen LogP contribution in [0.1, 0.15) is 52.4 Å². The number of aliphatic hydroxyl groups is 1. The van der Waals surface area contributed by atoms with Crippen LogP contribution in [0.4, 0.5) is 0 Å². The molecule has 1 aliphatic carbocycles. The molecule has 4 nitrogen and oxygen atoms in total. The molecular formula is C15H27NO3. The van der Waals surface area contributed by atoms with Gasteiger partial charge in [-0.15, -0.1) is 0 Å². The van der Waals surface area contributed by atoms with E-state index in [0.29, 0.717) is 32.1 Å². The summed E-state index contributed by atoms with van der Waals surface area (Å²) >= 11 is 0. The Morgan fingerprint density at radius 2 is 2.00 bits per heavy atom. The molecule has 2 aliphatic rings. The molecule has 1 unspecified atom stereocenters. The summed E-state index contributed by atoms with van der Waals surface area (Å²) in [6.07, 6.45) is 5.84. The molecule has 0 spiro atoms. The second kappa shape index (κ2) is 5.80. The minimum absolute atomic E-state index is 0.138. The maximum absolute atomic E-state index is 12.5. The Bertz CT molecular complexity index is 315. The summed E-state index contributed by atoms with van der Waals surface area (Å²) in [5.74, 6) is 0.667. The van der Waals surface area contributed by atoms with Gasteiger partial charge >= 0.3 is 0 Å². The lowest BCUT2D eigenvalue weighted by Crippen LogP contribution is -2.48. The Morgan fingerprint density at radius 1 is 1.32 bits per heavy atom. The van der Waals surface area contributed by atoms with Crippen molar-refractivity contribution in [3.05, 3.63) is 0 Å². The molecule has 0 radical (unpaired) electrons. The number of carbonyl (C=O) groups is 1. The van der Waals surface area contributed by atoms with Crippen LogP contribution in [0, 0.1) is 11.3 Å². The number of amides is 1. The van der Waals surface area contributed by atoms with Gasteiger partial charge in [-0.2, -0.15) is 0 Å². The van der Waals surface area contributed by atoms with Gasteiger partial charge in [0.15, 0.2) is 0 Å². The molecule has 1 atom stereocenters. The highest BCUT2D eigenvalue weighted by atomic mass is 16.5. The summed E-state index contributed by atoms with van der Waals surface area (Å²) in [7, 11) is 0. The summed E-state index contributed by atoms with van der Waals surface area (Å²) in [5.41, 5.74) is -1.04. The molecule has 1 heterocycles. The van der Waals surface area contributed by atoms with E-state index in [4.69, 9.17) is 4.74 Å². The van der Waals surface area contributed by atoms with Crippen molar-refractivity contribution < 1.29 is 14.6 Å². The van der Waals surface area contributed by atoms with Gasteiger partial charge in [-0.25, -0.2) is 0 Å².